The van der Waals surface area contributed by atoms with Crippen LogP contribution in [-0.4, -0.2) is 5.11 Å². The van der Waals surface area contributed by atoms with Crippen molar-refractivity contribution in [1.82, 2.24) is 0 Å². The van der Waals surface area contributed by atoms with Gasteiger partial charge in [0.2, 0.25) is 0 Å². The largest absolute Gasteiger partial charge is 0.388 e. The first-order chi connectivity index (χ1) is 8.97. The van der Waals surface area contributed by atoms with Gasteiger partial charge in [0.1, 0.15) is 0 Å². The summed E-state index contributed by atoms with van der Waals surface area (Å²) in [5.41, 5.74) is 4.63. The second-order valence-electron chi connectivity index (χ2n) is 4.81. The molecule has 0 aliphatic carbocycles. The average molecular weight is 384 g/mol. The Morgan fingerprint density at radius 2 is 1.68 bits per heavy atom. The van der Waals surface area contributed by atoms with Gasteiger partial charge in [-0.25, -0.2) is 0 Å². The maximum absolute atomic E-state index is 10.3. The van der Waals surface area contributed by atoms with Gasteiger partial charge in [0.15, 0.2) is 0 Å². The highest BCUT2D eigenvalue weighted by atomic mass is 79.9. The summed E-state index contributed by atoms with van der Waals surface area (Å²) < 4.78 is 1.96. The van der Waals surface area contributed by atoms with Gasteiger partial charge in [0, 0.05) is 15.4 Å². The van der Waals surface area contributed by atoms with Crippen LogP contribution in [0.5, 0.6) is 0 Å². The number of halogens is 2. The van der Waals surface area contributed by atoms with Gasteiger partial charge < -0.3 is 5.11 Å². The highest BCUT2D eigenvalue weighted by Gasteiger charge is 2.10. The zero-order valence-corrected chi connectivity index (χ0v) is 14.1. The third kappa shape index (κ3) is 3.68. The number of hydrogen-bond acceptors (Lipinski definition) is 1. The van der Waals surface area contributed by atoms with E-state index >= 15 is 0 Å². The van der Waals surface area contributed by atoms with E-state index < -0.39 is 6.10 Å². The summed E-state index contributed by atoms with van der Waals surface area (Å²) in [5, 5.41) is 10.3. The maximum atomic E-state index is 10.3. The number of benzene rings is 2. The smallest absolute Gasteiger partial charge is 0.0830 e. The fourth-order valence-electron chi connectivity index (χ4n) is 1.99. The van der Waals surface area contributed by atoms with Gasteiger partial charge in [-0.15, -0.1) is 0 Å². The molecule has 3 heteroatoms. The highest BCUT2D eigenvalue weighted by Crippen LogP contribution is 2.28. The van der Waals surface area contributed by atoms with Crippen molar-refractivity contribution >= 4 is 31.9 Å². The third-order valence-corrected chi connectivity index (χ3v) is 5.21. The Kier molecular flexibility index (Phi) is 4.82. The van der Waals surface area contributed by atoms with E-state index in [-0.39, 0.29) is 0 Å². The third-order valence-electron chi connectivity index (χ3n) is 3.33. The zero-order valence-electron chi connectivity index (χ0n) is 11.0. The number of aliphatic hydroxyl groups excluding tert-OH is 1. The second kappa shape index (κ2) is 6.21. The fourth-order valence-corrected chi connectivity index (χ4v) is 2.63. The monoisotopic (exact) mass is 382 g/mol. The lowest BCUT2D eigenvalue weighted by atomic mass is 9.98. The number of aliphatic hydroxyl groups is 1. The molecule has 1 N–H and O–H groups in total. The molecule has 2 aromatic carbocycles. The quantitative estimate of drug-likeness (QED) is 0.781. The van der Waals surface area contributed by atoms with Gasteiger partial charge in [0.05, 0.1) is 6.10 Å². The van der Waals surface area contributed by atoms with Gasteiger partial charge in [-0.05, 0) is 80.1 Å². The van der Waals surface area contributed by atoms with E-state index in [1.54, 1.807) is 0 Å². The summed E-state index contributed by atoms with van der Waals surface area (Å²) in [4.78, 5) is 0. The number of aryl methyl sites for hydroxylation is 2. The van der Waals surface area contributed by atoms with Gasteiger partial charge >= 0.3 is 0 Å². The molecule has 1 unspecified atom stereocenters. The minimum atomic E-state index is -0.480. The Morgan fingerprint density at radius 3 is 2.32 bits per heavy atom. The van der Waals surface area contributed by atoms with Crippen LogP contribution >= 0.6 is 31.9 Å². The van der Waals surface area contributed by atoms with Crippen molar-refractivity contribution in [2.75, 3.05) is 0 Å². The maximum Gasteiger partial charge on any atom is 0.0830 e. The van der Waals surface area contributed by atoms with Crippen molar-refractivity contribution in [3.63, 3.8) is 0 Å². The van der Waals surface area contributed by atoms with E-state index in [0.29, 0.717) is 6.42 Å². The van der Waals surface area contributed by atoms with Crippen molar-refractivity contribution < 1.29 is 5.11 Å². The van der Waals surface area contributed by atoms with Gasteiger partial charge in [-0.3, -0.25) is 0 Å². The molecule has 0 saturated heterocycles. The zero-order chi connectivity index (χ0) is 14.0. The molecule has 0 spiro atoms. The average Bonchev–Trinajstić information content (AvgIpc) is 2.37. The summed E-state index contributed by atoms with van der Waals surface area (Å²) in [6.07, 6.45) is 0.154. The summed E-state index contributed by atoms with van der Waals surface area (Å²) in [6, 6.07) is 12.2. The van der Waals surface area contributed by atoms with Crippen molar-refractivity contribution in [1.29, 1.82) is 0 Å². The van der Waals surface area contributed by atoms with E-state index in [2.05, 4.69) is 63.9 Å². The number of hydrogen-bond donors (Lipinski definition) is 1. The van der Waals surface area contributed by atoms with E-state index in [4.69, 9.17) is 0 Å². The molecule has 19 heavy (non-hydrogen) atoms. The van der Waals surface area contributed by atoms with Crippen LogP contribution in [0.25, 0.3) is 0 Å². The molecule has 1 nitrogen and oxygen atoms in total. The Hall–Kier alpha value is -0.640. The topological polar surface area (TPSA) is 20.2 Å². The molecule has 2 rings (SSSR count). The van der Waals surface area contributed by atoms with E-state index in [1.165, 1.54) is 11.1 Å². The molecule has 0 fully saturated rings. The van der Waals surface area contributed by atoms with Gasteiger partial charge in [0.25, 0.3) is 0 Å². The SMILES string of the molecule is Cc1ccc(CC(O)c2ccc(Br)c(Br)c2)cc1C. The number of rotatable bonds is 3. The Morgan fingerprint density at radius 1 is 0.947 bits per heavy atom. The minimum absolute atomic E-state index is 0.480. The lowest BCUT2D eigenvalue weighted by Gasteiger charge is -2.13. The first kappa shape index (κ1) is 14.8. The molecule has 0 bridgehead atoms. The summed E-state index contributed by atoms with van der Waals surface area (Å²) in [6.45, 7) is 4.20. The van der Waals surface area contributed by atoms with E-state index in [0.717, 1.165) is 20.1 Å². The van der Waals surface area contributed by atoms with E-state index in [1.807, 2.05) is 18.2 Å². The van der Waals surface area contributed by atoms with Crippen LogP contribution in [0.1, 0.15) is 28.4 Å². The molecule has 1 atom stereocenters. The van der Waals surface area contributed by atoms with E-state index in [9.17, 15) is 5.11 Å². The molecule has 0 amide bonds. The summed E-state index contributed by atoms with van der Waals surface area (Å²) in [5.74, 6) is 0. The van der Waals surface area contributed by atoms with Crippen molar-refractivity contribution in [2.24, 2.45) is 0 Å². The second-order valence-corrected chi connectivity index (χ2v) is 6.52. The Bertz CT molecular complexity index is 593. The van der Waals surface area contributed by atoms with Crippen LogP contribution < -0.4 is 0 Å². The fraction of sp³-hybridized carbons (Fsp3) is 0.250. The van der Waals surface area contributed by atoms with Crippen LogP contribution in [0, 0.1) is 13.8 Å². The molecule has 0 aromatic heterocycles. The van der Waals surface area contributed by atoms with Crippen molar-refractivity contribution in [3.8, 4) is 0 Å². The Balaban J connectivity index is 2.17. The first-order valence-corrected chi connectivity index (χ1v) is 7.75. The van der Waals surface area contributed by atoms with Crippen LogP contribution in [-0.2, 0) is 6.42 Å². The molecule has 0 aliphatic rings. The molecule has 100 valence electrons. The first-order valence-electron chi connectivity index (χ1n) is 6.16. The molecule has 0 aliphatic heterocycles. The van der Waals surface area contributed by atoms with Crippen LogP contribution in [0.15, 0.2) is 45.3 Å². The summed E-state index contributed by atoms with van der Waals surface area (Å²) >= 11 is 6.90. The van der Waals surface area contributed by atoms with Crippen molar-refractivity contribution in [2.45, 2.75) is 26.4 Å². The molecule has 2 aromatic rings. The molecule has 0 saturated carbocycles. The normalized spacial score (nSPS) is 12.5. The molecule has 0 heterocycles. The predicted molar refractivity (Wildman–Crippen MR) is 86.4 cm³/mol. The van der Waals surface area contributed by atoms with Crippen LogP contribution in [0.2, 0.25) is 0 Å². The lowest BCUT2D eigenvalue weighted by Crippen LogP contribution is -2.02. The standard InChI is InChI=1S/C16H16Br2O/c1-10-3-4-12(7-11(10)2)8-16(19)13-5-6-14(17)15(18)9-13/h3-7,9,16,19H,8H2,1-2H3. The Labute approximate surface area is 130 Å². The van der Waals surface area contributed by atoms with Crippen LogP contribution in [0.4, 0.5) is 0 Å². The van der Waals surface area contributed by atoms with Gasteiger partial charge in [-0.2, -0.15) is 0 Å². The minimum Gasteiger partial charge on any atom is -0.388 e. The highest BCUT2D eigenvalue weighted by molar-refractivity contribution is 9.13. The molecular formula is C16H16Br2O. The molecule has 0 radical (unpaired) electrons. The van der Waals surface area contributed by atoms with Gasteiger partial charge in [-0.1, -0.05) is 24.3 Å². The lowest BCUT2D eigenvalue weighted by molar-refractivity contribution is 0.178. The molecular weight excluding hydrogens is 368 g/mol. The summed E-state index contributed by atoms with van der Waals surface area (Å²) in [7, 11) is 0. The van der Waals surface area contributed by atoms with Crippen molar-refractivity contribution in [3.05, 3.63) is 67.6 Å². The predicted octanol–water partition coefficient (Wildman–Crippen LogP) is 5.10. The van der Waals surface area contributed by atoms with Crippen LogP contribution in [0.3, 0.4) is 0 Å².